The number of fused-ring (bicyclic) bond motifs is 3. The van der Waals surface area contributed by atoms with E-state index in [0.717, 1.165) is 24.2 Å². The molecule has 0 unspecified atom stereocenters. The third-order valence-corrected chi connectivity index (χ3v) is 7.74. The van der Waals surface area contributed by atoms with Crippen molar-refractivity contribution in [1.82, 2.24) is 33.1 Å². The lowest BCUT2D eigenvalue weighted by Crippen LogP contribution is -2.14. The number of benzene rings is 1. The van der Waals surface area contributed by atoms with Crippen molar-refractivity contribution >= 4 is 28.4 Å². The number of nitrogens with zero attached hydrogens (tertiary/aromatic N) is 7. The molecule has 0 radical (unpaired) electrons. The average Bonchev–Trinajstić information content (AvgIpc) is 3.55. The summed E-state index contributed by atoms with van der Waals surface area (Å²) in [5, 5.41) is 5.99. The number of nitrogens with one attached hydrogen (secondary N) is 1. The number of anilines is 2. The number of ether oxygens (including phenoxy) is 1. The van der Waals surface area contributed by atoms with E-state index in [1.54, 1.807) is 36.0 Å². The van der Waals surface area contributed by atoms with Gasteiger partial charge in [0, 0.05) is 60.8 Å². The molecule has 0 bridgehead atoms. The monoisotopic (exact) mass is 649 g/mol. The number of hydrogen-bond acceptors (Lipinski definition) is 7. The van der Waals surface area contributed by atoms with Crippen LogP contribution in [0.25, 0.3) is 33.5 Å². The maximum Gasteiger partial charge on any atom is 0.433 e. The van der Waals surface area contributed by atoms with Crippen LogP contribution < -0.4 is 15.8 Å². The van der Waals surface area contributed by atoms with E-state index in [1.807, 2.05) is 29.0 Å². The highest BCUT2D eigenvalue weighted by molar-refractivity contribution is 6.05. The molecule has 16 heteroatoms. The number of amides is 1. The molecule has 47 heavy (non-hydrogen) atoms. The van der Waals surface area contributed by atoms with Gasteiger partial charge in [-0.25, -0.2) is 9.37 Å². The number of alkyl halides is 3. The van der Waals surface area contributed by atoms with Gasteiger partial charge in [0.25, 0.3) is 17.0 Å². The van der Waals surface area contributed by atoms with E-state index in [4.69, 9.17) is 14.9 Å². The molecule has 0 atom stereocenters. The molecule has 6 heterocycles. The highest BCUT2D eigenvalue weighted by atomic mass is 19.4. The van der Waals surface area contributed by atoms with Gasteiger partial charge in [-0.3, -0.25) is 18.9 Å². The van der Waals surface area contributed by atoms with Gasteiger partial charge < -0.3 is 29.2 Å². The molecule has 0 saturated carbocycles. The van der Waals surface area contributed by atoms with Crippen molar-refractivity contribution < 1.29 is 31.5 Å². The smallest absolute Gasteiger partial charge is 0.433 e. The van der Waals surface area contributed by atoms with Gasteiger partial charge in [-0.1, -0.05) is 0 Å². The zero-order valence-electron chi connectivity index (χ0n) is 25.4. The van der Waals surface area contributed by atoms with Gasteiger partial charge in [-0.05, 0) is 39.0 Å². The Kier molecular flexibility index (Phi) is 6.76. The molecular weight excluding hydrogens is 622 g/mol. The molecule has 4 aromatic heterocycles. The first-order valence-corrected chi connectivity index (χ1v) is 14.5. The number of halogens is 4. The van der Waals surface area contributed by atoms with Crippen molar-refractivity contribution in [3.63, 3.8) is 0 Å². The Morgan fingerprint density at radius 2 is 1.89 bits per heavy atom. The minimum Gasteiger partial charge on any atom is -0.493 e. The van der Waals surface area contributed by atoms with Crippen LogP contribution >= 0.6 is 0 Å². The van der Waals surface area contributed by atoms with Crippen LogP contribution in [0.1, 0.15) is 42.9 Å². The summed E-state index contributed by atoms with van der Waals surface area (Å²) in [6.45, 7) is 5.89. The average molecular weight is 650 g/mol. The number of carbonyl (C=O) groups excluding carboxylic acids is 1. The molecule has 12 nitrogen and oxygen atoms in total. The Bertz CT molecular complexity index is 2390. The van der Waals surface area contributed by atoms with E-state index < -0.39 is 23.6 Å². The van der Waals surface area contributed by atoms with Crippen LogP contribution in [0.2, 0.25) is 0 Å². The van der Waals surface area contributed by atoms with Crippen molar-refractivity contribution in [2.75, 3.05) is 17.7 Å². The summed E-state index contributed by atoms with van der Waals surface area (Å²) in [5.41, 5.74) is 9.41. The minimum absolute atomic E-state index is 0.0117. The predicted molar refractivity (Wildman–Crippen MR) is 162 cm³/mol. The summed E-state index contributed by atoms with van der Waals surface area (Å²) >= 11 is 0. The van der Waals surface area contributed by atoms with Crippen molar-refractivity contribution in [2.24, 2.45) is 7.05 Å². The molecule has 5 aromatic rings. The Hall–Kier alpha value is -5.80. The van der Waals surface area contributed by atoms with Gasteiger partial charge in [0.05, 0.1) is 23.2 Å². The molecule has 2 aliphatic heterocycles. The second-order valence-corrected chi connectivity index (χ2v) is 11.2. The summed E-state index contributed by atoms with van der Waals surface area (Å²) in [6.07, 6.45) is 3.78. The van der Waals surface area contributed by atoms with Crippen LogP contribution in [-0.4, -0.2) is 45.6 Å². The largest absolute Gasteiger partial charge is 0.493 e. The lowest BCUT2D eigenvalue weighted by molar-refractivity contribution is -0.143. The Balaban J connectivity index is 1.33. The molecule has 2 aliphatic rings. The summed E-state index contributed by atoms with van der Waals surface area (Å²) in [5.74, 6) is -2.10. The van der Waals surface area contributed by atoms with Gasteiger partial charge in [-0.15, -0.1) is 0 Å². The van der Waals surface area contributed by atoms with Crippen molar-refractivity contribution in [3.05, 3.63) is 83.5 Å². The fourth-order valence-electron chi connectivity index (χ4n) is 5.55. The summed E-state index contributed by atoms with van der Waals surface area (Å²) in [7, 11) is 1.10. The normalized spacial score (nSPS) is 12.3. The molecule has 0 saturated heterocycles. The van der Waals surface area contributed by atoms with Gasteiger partial charge in [0.2, 0.25) is 0 Å². The molecule has 7 rings (SSSR count). The van der Waals surface area contributed by atoms with Crippen LogP contribution in [0.5, 0.6) is 5.75 Å². The fraction of sp³-hybridized carbons (Fsp3) is 0.226. The van der Waals surface area contributed by atoms with Crippen LogP contribution in [0.3, 0.4) is 0 Å². The molecule has 0 spiro atoms. The Morgan fingerprint density at radius 3 is 2.60 bits per heavy atom. The number of hydrogen-bond donors (Lipinski definition) is 2. The van der Waals surface area contributed by atoms with E-state index in [1.165, 1.54) is 12.4 Å². The third-order valence-electron chi connectivity index (χ3n) is 7.74. The number of rotatable bonds is 7. The number of carbonyl (C=O) groups is 1. The van der Waals surface area contributed by atoms with Crippen LogP contribution in [0.4, 0.5) is 29.1 Å². The van der Waals surface area contributed by atoms with Crippen LogP contribution in [0.15, 0.2) is 59.8 Å². The maximum atomic E-state index is 16.1. The number of nitrogens with two attached hydrogens (primary N) is 1. The fourth-order valence-corrected chi connectivity index (χ4v) is 5.55. The van der Waals surface area contributed by atoms with E-state index in [-0.39, 0.29) is 41.0 Å². The molecule has 1 amide bonds. The first-order valence-electron chi connectivity index (χ1n) is 14.5. The van der Waals surface area contributed by atoms with E-state index in [0.29, 0.717) is 38.8 Å². The topological polar surface area (TPSA) is 135 Å². The number of aryl methyl sites for hydroxylation is 1. The van der Waals surface area contributed by atoms with Crippen molar-refractivity contribution in [1.29, 1.82) is 0 Å². The SMILES string of the molecule is CCOc1cc(C(=O)Nc2cc(C(F)(F)F)n(C)n2)cc(F)c1-c1ncn2ccnc(-c3cn4c5oc=5n(C(C)C)cc4cc3N)c12. The summed E-state index contributed by atoms with van der Waals surface area (Å²) in [4.78, 5) is 22.2. The van der Waals surface area contributed by atoms with Gasteiger partial charge in [-0.2, -0.15) is 18.3 Å². The maximum absolute atomic E-state index is 16.1. The molecule has 0 aliphatic carbocycles. The molecular formula is C31H27F4N9O3. The quantitative estimate of drug-likeness (QED) is 0.198. The van der Waals surface area contributed by atoms with Gasteiger partial charge in [0.15, 0.2) is 5.82 Å². The highest BCUT2D eigenvalue weighted by Gasteiger charge is 2.35. The van der Waals surface area contributed by atoms with E-state index in [9.17, 15) is 18.0 Å². The van der Waals surface area contributed by atoms with Crippen molar-refractivity contribution in [3.8, 4) is 28.3 Å². The first-order chi connectivity index (χ1) is 22.3. The number of imidazole rings is 1. The molecule has 3 N–H and O–H groups in total. The van der Waals surface area contributed by atoms with E-state index in [2.05, 4.69) is 20.4 Å². The third kappa shape index (κ3) is 5.01. The summed E-state index contributed by atoms with van der Waals surface area (Å²) in [6, 6.07) is 4.92. The van der Waals surface area contributed by atoms with E-state index >= 15 is 4.39 Å². The molecule has 242 valence electrons. The molecule has 0 fully saturated rings. The first kappa shape index (κ1) is 29.9. The van der Waals surface area contributed by atoms with Crippen molar-refractivity contribution in [2.45, 2.75) is 33.0 Å². The zero-order chi connectivity index (χ0) is 33.4. The standard InChI is InChI=1S/C31H27F4N9O3/c1-5-46-21-9-16(28(45)39-23-11-22(31(33,34)35)41(4)40-23)8-19(32)24(21)26-27-25(37-6-7-42(27)14-38-26)18-13-44-17(10-20(18)36)12-43(15(2)3)29-30(44)47-29/h6-15H,5,36H2,1-4H3,(H,39,40,45). The summed E-state index contributed by atoms with van der Waals surface area (Å²) < 4.78 is 73.5. The second-order valence-electron chi connectivity index (χ2n) is 11.2. The highest BCUT2D eigenvalue weighted by Crippen LogP contribution is 2.40. The second kappa shape index (κ2) is 10.6. The lowest BCUT2D eigenvalue weighted by atomic mass is 10.0. The number of nitrogen functional groups attached to an aromatic ring is 1. The van der Waals surface area contributed by atoms with Gasteiger partial charge in [0.1, 0.15) is 35.0 Å². The predicted octanol–water partition coefficient (Wildman–Crippen LogP) is 6.14. The lowest BCUT2D eigenvalue weighted by Gasteiger charge is -2.14. The minimum atomic E-state index is -4.68. The number of pyridine rings is 1. The van der Waals surface area contributed by atoms with Crippen LogP contribution in [-0.2, 0) is 13.2 Å². The van der Waals surface area contributed by atoms with Gasteiger partial charge >= 0.3 is 6.18 Å². The van der Waals surface area contributed by atoms with Crippen LogP contribution in [0, 0.1) is 16.9 Å². The Labute approximate surface area is 262 Å². The molecule has 1 aromatic carbocycles. The zero-order valence-corrected chi connectivity index (χ0v) is 25.4. The Morgan fingerprint density at radius 1 is 1.11 bits per heavy atom. The number of aromatic nitrogens is 7.